The molecule has 22 heavy (non-hydrogen) atoms. The molecule has 0 aliphatic heterocycles. The van der Waals surface area contributed by atoms with E-state index in [4.69, 9.17) is 5.11 Å². The highest BCUT2D eigenvalue weighted by atomic mass is 16.4. The van der Waals surface area contributed by atoms with E-state index in [9.17, 15) is 14.4 Å². The SMILES string of the molecule is CC(C)CC(NC(=O)C(C)NC(=O)c1ccnn1C)C(=O)O. The van der Waals surface area contributed by atoms with Gasteiger partial charge >= 0.3 is 5.97 Å². The lowest BCUT2D eigenvalue weighted by Crippen LogP contribution is -2.50. The normalized spacial score (nSPS) is 13.5. The predicted octanol–water partition coefficient (Wildman–Crippen LogP) is 0.154. The monoisotopic (exact) mass is 310 g/mol. The smallest absolute Gasteiger partial charge is 0.326 e. The van der Waals surface area contributed by atoms with Crippen molar-refractivity contribution >= 4 is 17.8 Å². The van der Waals surface area contributed by atoms with Crippen LogP contribution >= 0.6 is 0 Å². The molecular formula is C14H22N4O4. The molecule has 0 saturated heterocycles. The average molecular weight is 310 g/mol. The van der Waals surface area contributed by atoms with Crippen LogP contribution in [0.3, 0.4) is 0 Å². The summed E-state index contributed by atoms with van der Waals surface area (Å²) in [5.74, 6) is -1.95. The molecule has 0 saturated carbocycles. The van der Waals surface area contributed by atoms with Crippen LogP contribution in [-0.2, 0) is 16.6 Å². The second kappa shape index (κ2) is 7.58. The van der Waals surface area contributed by atoms with E-state index in [0.717, 1.165) is 0 Å². The number of carbonyl (C=O) groups excluding carboxylic acids is 2. The van der Waals surface area contributed by atoms with E-state index in [1.54, 1.807) is 7.05 Å². The number of nitrogens with zero attached hydrogens (tertiary/aromatic N) is 2. The number of carboxylic acids is 1. The van der Waals surface area contributed by atoms with E-state index in [1.807, 2.05) is 13.8 Å². The summed E-state index contributed by atoms with van der Waals surface area (Å²) >= 11 is 0. The second-order valence-electron chi connectivity index (χ2n) is 5.56. The molecule has 2 atom stereocenters. The van der Waals surface area contributed by atoms with Gasteiger partial charge in [-0.3, -0.25) is 14.3 Å². The van der Waals surface area contributed by atoms with Gasteiger partial charge in [-0.2, -0.15) is 5.10 Å². The van der Waals surface area contributed by atoms with Gasteiger partial charge in [-0.05, 0) is 25.3 Å². The van der Waals surface area contributed by atoms with Gasteiger partial charge in [-0.15, -0.1) is 0 Å². The van der Waals surface area contributed by atoms with Crippen molar-refractivity contribution < 1.29 is 19.5 Å². The molecule has 0 fully saturated rings. The Morgan fingerprint density at radius 3 is 2.36 bits per heavy atom. The van der Waals surface area contributed by atoms with Crippen molar-refractivity contribution in [3.8, 4) is 0 Å². The Labute approximate surface area is 128 Å². The molecule has 1 aromatic rings. The van der Waals surface area contributed by atoms with Gasteiger partial charge < -0.3 is 15.7 Å². The van der Waals surface area contributed by atoms with Crippen LogP contribution in [-0.4, -0.2) is 44.8 Å². The van der Waals surface area contributed by atoms with Crippen molar-refractivity contribution in [2.24, 2.45) is 13.0 Å². The van der Waals surface area contributed by atoms with Gasteiger partial charge in [0.2, 0.25) is 5.91 Å². The summed E-state index contributed by atoms with van der Waals surface area (Å²) in [6.45, 7) is 5.24. The van der Waals surface area contributed by atoms with E-state index in [-0.39, 0.29) is 5.92 Å². The highest BCUT2D eigenvalue weighted by Crippen LogP contribution is 2.05. The van der Waals surface area contributed by atoms with Crippen LogP contribution in [0.5, 0.6) is 0 Å². The van der Waals surface area contributed by atoms with Crippen LogP contribution in [0.15, 0.2) is 12.3 Å². The number of carbonyl (C=O) groups is 3. The van der Waals surface area contributed by atoms with E-state index in [1.165, 1.54) is 23.9 Å². The second-order valence-corrected chi connectivity index (χ2v) is 5.56. The van der Waals surface area contributed by atoms with Crippen molar-refractivity contribution in [2.75, 3.05) is 0 Å². The maximum Gasteiger partial charge on any atom is 0.326 e. The maximum atomic E-state index is 12.0. The van der Waals surface area contributed by atoms with E-state index >= 15 is 0 Å². The first kappa shape index (κ1) is 17.7. The molecule has 8 nitrogen and oxygen atoms in total. The Bertz CT molecular complexity index is 553. The fraction of sp³-hybridized carbons (Fsp3) is 0.571. The Kier molecular flexibility index (Phi) is 6.09. The number of rotatable bonds is 7. The molecule has 0 radical (unpaired) electrons. The Morgan fingerprint density at radius 2 is 1.91 bits per heavy atom. The van der Waals surface area contributed by atoms with Gasteiger partial charge in [-0.25, -0.2) is 4.79 Å². The van der Waals surface area contributed by atoms with Crippen LogP contribution in [0.4, 0.5) is 0 Å². The number of aliphatic carboxylic acids is 1. The third kappa shape index (κ3) is 4.87. The zero-order valence-electron chi connectivity index (χ0n) is 13.2. The number of aromatic nitrogens is 2. The molecule has 1 aromatic heterocycles. The molecule has 0 aliphatic carbocycles. The number of carboxylic acid groups (broad SMARTS) is 1. The molecule has 1 rings (SSSR count). The first-order chi connectivity index (χ1) is 10.2. The number of aryl methyl sites for hydroxylation is 1. The number of hydrogen-bond donors (Lipinski definition) is 3. The summed E-state index contributed by atoms with van der Waals surface area (Å²) < 4.78 is 1.39. The molecule has 0 bridgehead atoms. The minimum absolute atomic E-state index is 0.126. The quantitative estimate of drug-likeness (QED) is 0.663. The maximum absolute atomic E-state index is 12.0. The first-order valence-corrected chi connectivity index (χ1v) is 7.04. The lowest BCUT2D eigenvalue weighted by Gasteiger charge is -2.20. The van der Waals surface area contributed by atoms with Gasteiger partial charge in [0.1, 0.15) is 17.8 Å². The number of hydrogen-bond acceptors (Lipinski definition) is 4. The van der Waals surface area contributed by atoms with Crippen LogP contribution in [0.2, 0.25) is 0 Å². The summed E-state index contributed by atoms with van der Waals surface area (Å²) in [6, 6.07) is -0.293. The standard InChI is InChI=1S/C14H22N4O4/c1-8(2)7-10(14(21)22)17-12(19)9(3)16-13(20)11-5-6-15-18(11)4/h5-6,8-10H,7H2,1-4H3,(H,16,20)(H,17,19)(H,21,22). The van der Waals surface area contributed by atoms with Gasteiger partial charge in [0.05, 0.1) is 0 Å². The third-order valence-electron chi connectivity index (χ3n) is 3.12. The Hall–Kier alpha value is -2.38. The summed E-state index contributed by atoms with van der Waals surface area (Å²) in [7, 11) is 1.61. The Balaban J connectivity index is 2.62. The van der Waals surface area contributed by atoms with Crippen molar-refractivity contribution in [1.82, 2.24) is 20.4 Å². The lowest BCUT2D eigenvalue weighted by atomic mass is 10.0. The predicted molar refractivity (Wildman–Crippen MR) is 79.2 cm³/mol. The zero-order chi connectivity index (χ0) is 16.9. The molecule has 2 unspecified atom stereocenters. The Morgan fingerprint density at radius 1 is 1.27 bits per heavy atom. The number of nitrogens with one attached hydrogen (secondary N) is 2. The fourth-order valence-electron chi connectivity index (χ4n) is 1.92. The number of amides is 2. The minimum Gasteiger partial charge on any atom is -0.480 e. The molecule has 0 aromatic carbocycles. The van der Waals surface area contributed by atoms with Crippen LogP contribution in [0.25, 0.3) is 0 Å². The van der Waals surface area contributed by atoms with Crippen molar-refractivity contribution in [2.45, 2.75) is 39.3 Å². The minimum atomic E-state index is -1.09. The highest BCUT2D eigenvalue weighted by molar-refractivity contribution is 5.96. The summed E-state index contributed by atoms with van der Waals surface area (Å²) in [6.07, 6.45) is 1.80. The highest BCUT2D eigenvalue weighted by Gasteiger charge is 2.25. The third-order valence-corrected chi connectivity index (χ3v) is 3.12. The summed E-state index contributed by atoms with van der Waals surface area (Å²) in [5.41, 5.74) is 0.316. The van der Waals surface area contributed by atoms with Crippen LogP contribution in [0, 0.1) is 5.92 Å². The van der Waals surface area contributed by atoms with Gasteiger partial charge in [-0.1, -0.05) is 13.8 Å². The first-order valence-electron chi connectivity index (χ1n) is 7.04. The molecule has 122 valence electrons. The molecule has 1 heterocycles. The van der Waals surface area contributed by atoms with Crippen LogP contribution in [0.1, 0.15) is 37.7 Å². The topological polar surface area (TPSA) is 113 Å². The van der Waals surface area contributed by atoms with Crippen molar-refractivity contribution in [1.29, 1.82) is 0 Å². The molecular weight excluding hydrogens is 288 g/mol. The summed E-state index contributed by atoms with van der Waals surface area (Å²) in [5, 5.41) is 17.9. The van der Waals surface area contributed by atoms with E-state index in [2.05, 4.69) is 15.7 Å². The van der Waals surface area contributed by atoms with Crippen molar-refractivity contribution in [3.63, 3.8) is 0 Å². The fourth-order valence-corrected chi connectivity index (χ4v) is 1.92. The molecule has 0 aliphatic rings. The molecule has 0 spiro atoms. The van der Waals surface area contributed by atoms with Gasteiger partial charge in [0.15, 0.2) is 0 Å². The van der Waals surface area contributed by atoms with E-state index in [0.29, 0.717) is 12.1 Å². The molecule has 3 N–H and O–H groups in total. The lowest BCUT2D eigenvalue weighted by molar-refractivity contribution is -0.142. The van der Waals surface area contributed by atoms with Crippen LogP contribution < -0.4 is 10.6 Å². The van der Waals surface area contributed by atoms with Crippen molar-refractivity contribution in [3.05, 3.63) is 18.0 Å². The zero-order valence-corrected chi connectivity index (χ0v) is 13.2. The van der Waals surface area contributed by atoms with E-state index < -0.39 is 29.9 Å². The van der Waals surface area contributed by atoms with Gasteiger partial charge in [0.25, 0.3) is 5.91 Å². The molecule has 8 heteroatoms. The largest absolute Gasteiger partial charge is 0.480 e. The average Bonchev–Trinajstić information content (AvgIpc) is 2.83. The molecule has 2 amide bonds. The summed E-state index contributed by atoms with van der Waals surface area (Å²) in [4.78, 5) is 35.1. The van der Waals surface area contributed by atoms with Gasteiger partial charge in [0, 0.05) is 13.2 Å².